The standard InChI is InChI=1S/C21H28N4OS/c1-24-13-9-16(10-14-24)23-21(26)20-8-7-19(27-20)18-6-4-12-25(18)15-17-5-2-3-11-22-17/h2-3,5,7-8,11,16,18H,4,6,9-10,12-15H2,1H3,(H,23,26). The maximum absolute atomic E-state index is 12.7. The summed E-state index contributed by atoms with van der Waals surface area (Å²) in [6.45, 7) is 4.09. The second kappa shape index (κ2) is 8.50. The lowest BCUT2D eigenvalue weighted by molar-refractivity contribution is 0.0921. The summed E-state index contributed by atoms with van der Waals surface area (Å²) < 4.78 is 0. The number of aromatic nitrogens is 1. The van der Waals surface area contributed by atoms with Crippen LogP contribution in [0.3, 0.4) is 0 Å². The first kappa shape index (κ1) is 18.6. The molecule has 0 radical (unpaired) electrons. The number of thiophene rings is 1. The van der Waals surface area contributed by atoms with Gasteiger partial charge in [-0.2, -0.15) is 0 Å². The fraction of sp³-hybridized carbons (Fsp3) is 0.524. The highest BCUT2D eigenvalue weighted by atomic mass is 32.1. The van der Waals surface area contributed by atoms with Crippen LogP contribution in [0.15, 0.2) is 36.5 Å². The van der Waals surface area contributed by atoms with Gasteiger partial charge in [0.15, 0.2) is 0 Å². The second-order valence-electron chi connectivity index (χ2n) is 7.70. The molecular weight excluding hydrogens is 356 g/mol. The number of hydrogen-bond acceptors (Lipinski definition) is 5. The molecular formula is C21H28N4OS. The van der Waals surface area contributed by atoms with Gasteiger partial charge >= 0.3 is 0 Å². The molecule has 2 aliphatic heterocycles. The van der Waals surface area contributed by atoms with E-state index >= 15 is 0 Å². The van der Waals surface area contributed by atoms with Crippen LogP contribution in [-0.4, -0.2) is 53.4 Å². The molecule has 0 saturated carbocycles. The van der Waals surface area contributed by atoms with Gasteiger partial charge in [-0.15, -0.1) is 11.3 Å². The molecule has 2 aromatic heterocycles. The van der Waals surface area contributed by atoms with Crippen molar-refractivity contribution in [2.24, 2.45) is 0 Å². The van der Waals surface area contributed by atoms with Crippen molar-refractivity contribution < 1.29 is 4.79 Å². The lowest BCUT2D eigenvalue weighted by Gasteiger charge is -2.29. The molecule has 1 atom stereocenters. The Hall–Kier alpha value is -1.76. The predicted octanol–water partition coefficient (Wildman–Crippen LogP) is 3.30. The van der Waals surface area contributed by atoms with E-state index in [1.807, 2.05) is 24.4 Å². The summed E-state index contributed by atoms with van der Waals surface area (Å²) in [5.74, 6) is 0.0927. The summed E-state index contributed by atoms with van der Waals surface area (Å²) >= 11 is 1.66. The number of carbonyl (C=O) groups is 1. The third kappa shape index (κ3) is 4.57. The molecule has 0 bridgehead atoms. The minimum Gasteiger partial charge on any atom is -0.349 e. The molecule has 1 N–H and O–H groups in total. The average molecular weight is 385 g/mol. The SMILES string of the molecule is CN1CCC(NC(=O)c2ccc(C3CCCN3Cc3ccccn3)s2)CC1. The maximum atomic E-state index is 12.7. The first-order valence-corrected chi connectivity index (χ1v) is 10.7. The van der Waals surface area contributed by atoms with Gasteiger partial charge in [0.25, 0.3) is 5.91 Å². The van der Waals surface area contributed by atoms with E-state index in [-0.39, 0.29) is 5.91 Å². The lowest BCUT2D eigenvalue weighted by Crippen LogP contribution is -2.43. The highest BCUT2D eigenvalue weighted by Gasteiger charge is 2.28. The van der Waals surface area contributed by atoms with Crippen LogP contribution in [0.1, 0.15) is 52.0 Å². The van der Waals surface area contributed by atoms with Crippen molar-refractivity contribution >= 4 is 17.2 Å². The lowest BCUT2D eigenvalue weighted by atomic mass is 10.1. The molecule has 2 saturated heterocycles. The van der Waals surface area contributed by atoms with Crippen molar-refractivity contribution in [3.63, 3.8) is 0 Å². The number of hydrogen-bond donors (Lipinski definition) is 1. The summed E-state index contributed by atoms with van der Waals surface area (Å²) in [7, 11) is 2.14. The topological polar surface area (TPSA) is 48.5 Å². The van der Waals surface area contributed by atoms with Crippen molar-refractivity contribution in [3.05, 3.63) is 52.0 Å². The third-order valence-corrected chi connectivity index (χ3v) is 6.87. The Morgan fingerprint density at radius 3 is 2.81 bits per heavy atom. The number of likely N-dealkylation sites (tertiary alicyclic amines) is 2. The van der Waals surface area contributed by atoms with Gasteiger partial charge in [0.05, 0.1) is 10.6 Å². The Balaban J connectivity index is 1.38. The van der Waals surface area contributed by atoms with Crippen molar-refractivity contribution in [3.8, 4) is 0 Å². The van der Waals surface area contributed by atoms with Crippen LogP contribution in [0.5, 0.6) is 0 Å². The fourth-order valence-corrected chi connectivity index (χ4v) is 5.18. The Labute approximate surface area is 165 Å². The molecule has 0 aliphatic carbocycles. The van der Waals surface area contributed by atoms with Crippen LogP contribution < -0.4 is 5.32 Å². The molecule has 0 aromatic carbocycles. The van der Waals surface area contributed by atoms with Gasteiger partial charge in [0.2, 0.25) is 0 Å². The summed E-state index contributed by atoms with van der Waals surface area (Å²) in [6, 6.07) is 11.0. The summed E-state index contributed by atoms with van der Waals surface area (Å²) in [4.78, 5) is 24.1. The molecule has 4 heterocycles. The van der Waals surface area contributed by atoms with Gasteiger partial charge in [-0.25, -0.2) is 0 Å². The van der Waals surface area contributed by atoms with Gasteiger partial charge < -0.3 is 10.2 Å². The van der Waals surface area contributed by atoms with E-state index in [9.17, 15) is 4.79 Å². The second-order valence-corrected chi connectivity index (χ2v) is 8.82. The van der Waals surface area contributed by atoms with Gasteiger partial charge in [0, 0.05) is 29.7 Å². The highest BCUT2D eigenvalue weighted by molar-refractivity contribution is 7.14. The minimum absolute atomic E-state index is 0.0927. The first-order chi connectivity index (χ1) is 13.2. The zero-order valence-electron chi connectivity index (χ0n) is 15.9. The fourth-order valence-electron chi connectivity index (χ4n) is 4.10. The number of pyridine rings is 1. The number of amides is 1. The van der Waals surface area contributed by atoms with E-state index < -0.39 is 0 Å². The van der Waals surface area contributed by atoms with E-state index in [1.165, 1.54) is 11.3 Å². The van der Waals surface area contributed by atoms with E-state index in [0.29, 0.717) is 12.1 Å². The molecule has 5 nitrogen and oxygen atoms in total. The zero-order chi connectivity index (χ0) is 18.6. The van der Waals surface area contributed by atoms with Gasteiger partial charge in [-0.05, 0) is 76.6 Å². The predicted molar refractivity (Wildman–Crippen MR) is 109 cm³/mol. The van der Waals surface area contributed by atoms with E-state index in [0.717, 1.165) is 56.0 Å². The van der Waals surface area contributed by atoms with E-state index in [4.69, 9.17) is 0 Å². The average Bonchev–Trinajstić information content (AvgIpc) is 3.34. The monoisotopic (exact) mass is 384 g/mol. The smallest absolute Gasteiger partial charge is 0.261 e. The van der Waals surface area contributed by atoms with Crippen LogP contribution in [0, 0.1) is 0 Å². The molecule has 1 amide bonds. The van der Waals surface area contributed by atoms with Crippen molar-refractivity contribution in [2.75, 3.05) is 26.7 Å². The molecule has 27 heavy (non-hydrogen) atoms. The number of nitrogens with zero attached hydrogens (tertiary/aromatic N) is 3. The molecule has 4 rings (SSSR count). The van der Waals surface area contributed by atoms with Crippen LogP contribution >= 0.6 is 11.3 Å². The Morgan fingerprint density at radius 2 is 2.04 bits per heavy atom. The quantitative estimate of drug-likeness (QED) is 0.859. The Bertz CT molecular complexity index is 755. The highest BCUT2D eigenvalue weighted by Crippen LogP contribution is 2.36. The molecule has 2 aromatic rings. The Kier molecular flexibility index (Phi) is 5.86. The molecule has 144 valence electrons. The van der Waals surface area contributed by atoms with E-state index in [2.05, 4.69) is 39.3 Å². The molecule has 6 heteroatoms. The zero-order valence-corrected chi connectivity index (χ0v) is 16.8. The molecule has 2 fully saturated rings. The Morgan fingerprint density at radius 1 is 1.19 bits per heavy atom. The third-order valence-electron chi connectivity index (χ3n) is 5.69. The largest absolute Gasteiger partial charge is 0.349 e. The van der Waals surface area contributed by atoms with Crippen molar-refractivity contribution in [2.45, 2.75) is 44.3 Å². The molecule has 0 spiro atoms. The van der Waals surface area contributed by atoms with Crippen LogP contribution in [0.4, 0.5) is 0 Å². The number of nitrogens with one attached hydrogen (secondary N) is 1. The number of rotatable bonds is 5. The maximum Gasteiger partial charge on any atom is 0.261 e. The summed E-state index contributed by atoms with van der Waals surface area (Å²) in [6.07, 6.45) is 6.30. The number of carbonyl (C=O) groups excluding carboxylic acids is 1. The molecule has 2 aliphatic rings. The van der Waals surface area contributed by atoms with Gasteiger partial charge in [-0.3, -0.25) is 14.7 Å². The van der Waals surface area contributed by atoms with Gasteiger partial charge in [-0.1, -0.05) is 6.07 Å². The molecule has 1 unspecified atom stereocenters. The summed E-state index contributed by atoms with van der Waals surface area (Å²) in [5, 5.41) is 3.23. The van der Waals surface area contributed by atoms with E-state index in [1.54, 1.807) is 11.3 Å². The van der Waals surface area contributed by atoms with Crippen LogP contribution in [0.25, 0.3) is 0 Å². The van der Waals surface area contributed by atoms with Gasteiger partial charge in [0.1, 0.15) is 0 Å². The normalized spacial score (nSPS) is 22.2. The summed E-state index contributed by atoms with van der Waals surface area (Å²) in [5.41, 5.74) is 1.11. The van der Waals surface area contributed by atoms with Crippen LogP contribution in [0.2, 0.25) is 0 Å². The van der Waals surface area contributed by atoms with Crippen molar-refractivity contribution in [1.29, 1.82) is 0 Å². The van der Waals surface area contributed by atoms with Crippen LogP contribution in [-0.2, 0) is 6.54 Å². The first-order valence-electron chi connectivity index (χ1n) is 9.92. The number of piperidine rings is 1. The minimum atomic E-state index is 0.0927. The van der Waals surface area contributed by atoms with Crippen molar-refractivity contribution in [1.82, 2.24) is 20.1 Å².